The normalized spacial score (nSPS) is 14.6. The Bertz CT molecular complexity index is 568. The van der Waals surface area contributed by atoms with Crippen LogP contribution in [0.2, 0.25) is 0 Å². The van der Waals surface area contributed by atoms with Gasteiger partial charge in [0.15, 0.2) is 0 Å². The Morgan fingerprint density at radius 3 is 2.29 bits per heavy atom. The number of rotatable bonds is 8. The van der Waals surface area contributed by atoms with Crippen molar-refractivity contribution in [2.45, 2.75) is 43.5 Å². The van der Waals surface area contributed by atoms with E-state index < -0.39 is 28.6 Å². The standard InChI is InChI=1S/C14H21NO5S/c1-3-10(2)11-4-6-12(7-5-11)21(19,20)15-13(8-9-16)14(17)18/h4-7,10,13,15-16H,3,8-9H2,1-2H3,(H,17,18)/t10?,13-/m1/s1. The smallest absolute Gasteiger partial charge is 0.321 e. The van der Waals surface area contributed by atoms with Gasteiger partial charge in [0.2, 0.25) is 10.0 Å². The van der Waals surface area contributed by atoms with E-state index >= 15 is 0 Å². The molecule has 0 aliphatic carbocycles. The highest BCUT2D eigenvalue weighted by molar-refractivity contribution is 7.89. The molecule has 6 nitrogen and oxygen atoms in total. The highest BCUT2D eigenvalue weighted by Gasteiger charge is 2.24. The number of hydrogen-bond acceptors (Lipinski definition) is 4. The van der Waals surface area contributed by atoms with Crippen LogP contribution in [0.3, 0.4) is 0 Å². The number of aliphatic hydroxyl groups is 1. The van der Waals surface area contributed by atoms with Crippen LogP contribution in [0.5, 0.6) is 0 Å². The number of benzene rings is 1. The number of aliphatic hydroxyl groups excluding tert-OH is 1. The Labute approximate surface area is 124 Å². The van der Waals surface area contributed by atoms with Gasteiger partial charge in [0.1, 0.15) is 6.04 Å². The molecule has 0 aliphatic heterocycles. The molecule has 0 amide bonds. The van der Waals surface area contributed by atoms with Crippen LogP contribution in [0.25, 0.3) is 0 Å². The van der Waals surface area contributed by atoms with Gasteiger partial charge in [0.25, 0.3) is 0 Å². The Kier molecular flexibility index (Phi) is 6.32. The van der Waals surface area contributed by atoms with Crippen LogP contribution in [-0.4, -0.2) is 37.2 Å². The first-order chi connectivity index (χ1) is 9.81. The molecule has 0 saturated heterocycles. The monoisotopic (exact) mass is 315 g/mol. The molecule has 0 radical (unpaired) electrons. The van der Waals surface area contributed by atoms with Crippen molar-refractivity contribution in [3.63, 3.8) is 0 Å². The molecular weight excluding hydrogens is 294 g/mol. The van der Waals surface area contributed by atoms with Crippen LogP contribution in [0, 0.1) is 0 Å². The van der Waals surface area contributed by atoms with E-state index in [2.05, 4.69) is 4.72 Å². The maximum atomic E-state index is 12.1. The number of hydrogen-bond donors (Lipinski definition) is 3. The molecular formula is C14H21NO5S. The van der Waals surface area contributed by atoms with Gasteiger partial charge in [0.05, 0.1) is 4.90 Å². The van der Waals surface area contributed by atoms with Gasteiger partial charge in [-0.3, -0.25) is 4.79 Å². The summed E-state index contributed by atoms with van der Waals surface area (Å²) in [5.74, 6) is -0.986. The van der Waals surface area contributed by atoms with E-state index in [1.54, 1.807) is 12.1 Å². The predicted octanol–water partition coefficient (Wildman–Crippen LogP) is 1.31. The van der Waals surface area contributed by atoms with Gasteiger partial charge in [-0.25, -0.2) is 8.42 Å². The summed E-state index contributed by atoms with van der Waals surface area (Å²) in [5, 5.41) is 17.7. The third kappa shape index (κ3) is 4.80. The first-order valence-corrected chi connectivity index (χ1v) is 8.26. The van der Waals surface area contributed by atoms with Crippen molar-refractivity contribution in [3.8, 4) is 0 Å². The van der Waals surface area contributed by atoms with Crippen molar-refractivity contribution in [2.75, 3.05) is 6.61 Å². The highest BCUT2D eigenvalue weighted by atomic mass is 32.2. The maximum absolute atomic E-state index is 12.1. The van der Waals surface area contributed by atoms with Gasteiger partial charge < -0.3 is 10.2 Å². The molecule has 21 heavy (non-hydrogen) atoms. The van der Waals surface area contributed by atoms with Crippen LogP contribution < -0.4 is 4.72 Å². The van der Waals surface area contributed by atoms with Crippen LogP contribution in [0.4, 0.5) is 0 Å². The minimum Gasteiger partial charge on any atom is -0.480 e. The molecule has 3 N–H and O–H groups in total. The highest BCUT2D eigenvalue weighted by Crippen LogP contribution is 2.20. The Hall–Kier alpha value is -1.44. The quantitative estimate of drug-likeness (QED) is 0.671. The van der Waals surface area contributed by atoms with Gasteiger partial charge in [0, 0.05) is 6.61 Å². The zero-order valence-electron chi connectivity index (χ0n) is 12.1. The molecule has 2 atom stereocenters. The first kappa shape index (κ1) is 17.6. The molecule has 0 fully saturated rings. The second kappa shape index (κ2) is 7.53. The Morgan fingerprint density at radius 2 is 1.86 bits per heavy atom. The van der Waals surface area contributed by atoms with Crippen molar-refractivity contribution < 1.29 is 23.4 Å². The van der Waals surface area contributed by atoms with Crippen molar-refractivity contribution in [2.24, 2.45) is 0 Å². The van der Waals surface area contributed by atoms with E-state index in [1.807, 2.05) is 13.8 Å². The lowest BCUT2D eigenvalue weighted by Gasteiger charge is -2.14. The molecule has 1 rings (SSSR count). The van der Waals surface area contributed by atoms with E-state index in [0.717, 1.165) is 12.0 Å². The molecule has 118 valence electrons. The predicted molar refractivity (Wildman–Crippen MR) is 78.6 cm³/mol. The van der Waals surface area contributed by atoms with Crippen LogP contribution in [-0.2, 0) is 14.8 Å². The summed E-state index contributed by atoms with van der Waals surface area (Å²) in [7, 11) is -3.92. The summed E-state index contributed by atoms with van der Waals surface area (Å²) >= 11 is 0. The largest absolute Gasteiger partial charge is 0.480 e. The summed E-state index contributed by atoms with van der Waals surface area (Å²) in [6, 6.07) is 5.03. The fourth-order valence-corrected chi connectivity index (χ4v) is 3.05. The number of nitrogens with one attached hydrogen (secondary N) is 1. The summed E-state index contributed by atoms with van der Waals surface area (Å²) < 4.78 is 26.3. The van der Waals surface area contributed by atoms with Gasteiger partial charge in [-0.2, -0.15) is 4.72 Å². The lowest BCUT2D eigenvalue weighted by atomic mass is 9.99. The molecule has 1 unspecified atom stereocenters. The fourth-order valence-electron chi connectivity index (χ4n) is 1.83. The Morgan fingerprint density at radius 1 is 1.29 bits per heavy atom. The van der Waals surface area contributed by atoms with Gasteiger partial charge in [-0.1, -0.05) is 26.0 Å². The molecule has 0 aliphatic rings. The fraction of sp³-hybridized carbons (Fsp3) is 0.500. The molecule has 0 spiro atoms. The number of carboxylic acids is 1. The average molecular weight is 315 g/mol. The zero-order chi connectivity index (χ0) is 16.0. The molecule has 1 aromatic rings. The number of aliphatic carboxylic acids is 1. The van der Waals surface area contributed by atoms with Crippen molar-refractivity contribution in [3.05, 3.63) is 29.8 Å². The number of carboxylic acid groups (broad SMARTS) is 1. The summed E-state index contributed by atoms with van der Waals surface area (Å²) in [6.07, 6.45) is 0.765. The second-order valence-corrected chi connectivity index (χ2v) is 6.62. The van der Waals surface area contributed by atoms with E-state index in [4.69, 9.17) is 10.2 Å². The maximum Gasteiger partial charge on any atom is 0.321 e. The van der Waals surface area contributed by atoms with Crippen LogP contribution in [0.15, 0.2) is 29.2 Å². The van der Waals surface area contributed by atoms with Crippen LogP contribution >= 0.6 is 0 Å². The summed E-state index contributed by atoms with van der Waals surface area (Å²) in [6.45, 7) is 3.68. The second-order valence-electron chi connectivity index (χ2n) is 4.90. The van der Waals surface area contributed by atoms with E-state index in [0.29, 0.717) is 5.92 Å². The first-order valence-electron chi connectivity index (χ1n) is 6.77. The third-order valence-corrected chi connectivity index (χ3v) is 4.87. The summed E-state index contributed by atoms with van der Waals surface area (Å²) in [4.78, 5) is 11.0. The molecule has 7 heteroatoms. The average Bonchev–Trinajstić information content (AvgIpc) is 2.45. The topological polar surface area (TPSA) is 104 Å². The minimum atomic E-state index is -3.92. The molecule has 0 aromatic heterocycles. The van der Waals surface area contributed by atoms with Gasteiger partial charge in [-0.05, 0) is 36.5 Å². The van der Waals surface area contributed by atoms with Crippen LogP contribution in [0.1, 0.15) is 38.2 Å². The van der Waals surface area contributed by atoms with E-state index in [-0.39, 0.29) is 11.3 Å². The summed E-state index contributed by atoms with van der Waals surface area (Å²) in [5.41, 5.74) is 1.03. The molecule has 0 saturated carbocycles. The van der Waals surface area contributed by atoms with Gasteiger partial charge in [-0.15, -0.1) is 0 Å². The number of carbonyl (C=O) groups is 1. The lowest BCUT2D eigenvalue weighted by Crippen LogP contribution is -2.41. The number of sulfonamides is 1. The lowest BCUT2D eigenvalue weighted by molar-refractivity contribution is -0.139. The van der Waals surface area contributed by atoms with E-state index in [1.165, 1.54) is 12.1 Å². The Balaban J connectivity index is 2.94. The molecule has 0 heterocycles. The molecule has 1 aromatic carbocycles. The van der Waals surface area contributed by atoms with Crippen molar-refractivity contribution in [1.82, 2.24) is 4.72 Å². The minimum absolute atomic E-state index is 0.0127. The van der Waals surface area contributed by atoms with Crippen molar-refractivity contribution in [1.29, 1.82) is 0 Å². The van der Waals surface area contributed by atoms with Crippen molar-refractivity contribution >= 4 is 16.0 Å². The SMILES string of the molecule is CCC(C)c1ccc(S(=O)(=O)N[C@H](CCO)C(=O)O)cc1. The third-order valence-electron chi connectivity index (χ3n) is 3.39. The molecule has 0 bridgehead atoms. The zero-order valence-corrected chi connectivity index (χ0v) is 12.9. The van der Waals surface area contributed by atoms with Gasteiger partial charge >= 0.3 is 5.97 Å². The van der Waals surface area contributed by atoms with E-state index in [9.17, 15) is 13.2 Å².